The van der Waals surface area contributed by atoms with Crippen LogP contribution < -0.4 is 5.32 Å². The Kier molecular flexibility index (Phi) is 5.15. The van der Waals surface area contributed by atoms with Crippen molar-refractivity contribution >= 4 is 16.8 Å². The normalized spacial score (nSPS) is 27.3. The van der Waals surface area contributed by atoms with E-state index in [0.717, 1.165) is 37.7 Å². The lowest BCUT2D eigenvalue weighted by atomic mass is 9.86. The van der Waals surface area contributed by atoms with Gasteiger partial charge in [0.1, 0.15) is 0 Å². The molecule has 0 unspecified atom stereocenters. The monoisotopic (exact) mass is 355 g/mol. The lowest BCUT2D eigenvalue weighted by Crippen LogP contribution is -2.58. The van der Waals surface area contributed by atoms with Gasteiger partial charge in [-0.05, 0) is 31.4 Å². The van der Waals surface area contributed by atoms with Crippen molar-refractivity contribution in [1.82, 2.24) is 15.2 Å². The number of nitrogens with zero attached hydrogens (tertiary/aromatic N) is 2. The lowest BCUT2D eigenvalue weighted by molar-refractivity contribution is -0.0459. The largest absolute Gasteiger partial charge is 0.389 e. The van der Waals surface area contributed by atoms with Crippen molar-refractivity contribution in [2.45, 2.75) is 37.5 Å². The van der Waals surface area contributed by atoms with Crippen LogP contribution in [0.15, 0.2) is 36.5 Å². The summed E-state index contributed by atoms with van der Waals surface area (Å²) in [6.07, 6.45) is 3.89. The Bertz CT molecular complexity index is 770. The first-order valence-electron chi connectivity index (χ1n) is 9.38. The fraction of sp³-hybridized carbons (Fsp3) is 0.500. The highest BCUT2D eigenvalue weighted by Crippen LogP contribution is 2.25. The highest BCUT2D eigenvalue weighted by Gasteiger charge is 2.36. The summed E-state index contributed by atoms with van der Waals surface area (Å²) >= 11 is 0. The number of aliphatic hydroxyl groups excluding tert-OH is 1. The van der Waals surface area contributed by atoms with Crippen LogP contribution in [0.2, 0.25) is 0 Å². The van der Waals surface area contributed by atoms with Crippen LogP contribution in [0.1, 0.15) is 29.6 Å². The lowest BCUT2D eigenvalue weighted by Gasteiger charge is -2.43. The summed E-state index contributed by atoms with van der Waals surface area (Å²) in [4.78, 5) is 19.5. The zero-order chi connectivity index (χ0) is 17.9. The number of aliphatic hydroxyl groups is 1. The van der Waals surface area contributed by atoms with Crippen LogP contribution in [-0.2, 0) is 4.74 Å². The van der Waals surface area contributed by atoms with Crippen LogP contribution in [0.3, 0.4) is 0 Å². The van der Waals surface area contributed by atoms with Gasteiger partial charge in [-0.1, -0.05) is 18.2 Å². The Labute approximate surface area is 153 Å². The van der Waals surface area contributed by atoms with Gasteiger partial charge in [-0.25, -0.2) is 0 Å². The van der Waals surface area contributed by atoms with Gasteiger partial charge in [-0.15, -0.1) is 0 Å². The molecule has 0 radical (unpaired) electrons. The minimum absolute atomic E-state index is 0.0867. The number of pyridine rings is 1. The number of rotatable bonds is 3. The SMILES string of the molecule is O=C(N[C@@H]1CCC[C@@H](N2CCOCC2)[C@@H]1O)c1cccc2cccnc12. The summed E-state index contributed by atoms with van der Waals surface area (Å²) < 4.78 is 5.42. The molecule has 1 aromatic heterocycles. The van der Waals surface area contributed by atoms with Crippen LogP contribution in [0.4, 0.5) is 0 Å². The number of fused-ring (bicyclic) bond motifs is 1. The van der Waals surface area contributed by atoms with Gasteiger partial charge in [0.2, 0.25) is 0 Å². The number of ether oxygens (including phenoxy) is 1. The summed E-state index contributed by atoms with van der Waals surface area (Å²) in [5.74, 6) is -0.166. The zero-order valence-corrected chi connectivity index (χ0v) is 14.8. The first-order chi connectivity index (χ1) is 12.7. The Morgan fingerprint density at radius 3 is 2.85 bits per heavy atom. The molecule has 26 heavy (non-hydrogen) atoms. The molecule has 6 nitrogen and oxygen atoms in total. The van der Waals surface area contributed by atoms with Crippen LogP contribution in [0.5, 0.6) is 0 Å². The molecule has 0 spiro atoms. The van der Waals surface area contributed by atoms with Crippen molar-refractivity contribution in [2.75, 3.05) is 26.3 Å². The first kappa shape index (κ1) is 17.4. The molecule has 2 N–H and O–H groups in total. The van der Waals surface area contributed by atoms with Crippen molar-refractivity contribution in [3.8, 4) is 0 Å². The van der Waals surface area contributed by atoms with Crippen LogP contribution >= 0.6 is 0 Å². The zero-order valence-electron chi connectivity index (χ0n) is 14.8. The quantitative estimate of drug-likeness (QED) is 0.874. The number of para-hydroxylation sites is 1. The molecule has 2 fully saturated rings. The Morgan fingerprint density at radius 1 is 1.19 bits per heavy atom. The van der Waals surface area contributed by atoms with Crippen LogP contribution in [0, 0.1) is 0 Å². The van der Waals surface area contributed by atoms with E-state index in [-0.39, 0.29) is 18.0 Å². The summed E-state index contributed by atoms with van der Waals surface area (Å²) in [5.41, 5.74) is 1.26. The Hall–Kier alpha value is -2.02. The van der Waals surface area contributed by atoms with Gasteiger partial charge in [0, 0.05) is 30.7 Å². The number of morpholine rings is 1. The third-order valence-corrected chi connectivity index (χ3v) is 5.53. The Morgan fingerprint density at radius 2 is 2.00 bits per heavy atom. The van der Waals surface area contributed by atoms with Crippen LogP contribution in [-0.4, -0.2) is 65.4 Å². The topological polar surface area (TPSA) is 74.7 Å². The van der Waals surface area contributed by atoms with E-state index in [1.807, 2.05) is 24.3 Å². The van der Waals surface area contributed by atoms with Gasteiger partial charge < -0.3 is 15.2 Å². The third-order valence-electron chi connectivity index (χ3n) is 5.53. The fourth-order valence-corrected chi connectivity index (χ4v) is 4.16. The second-order valence-corrected chi connectivity index (χ2v) is 7.10. The standard InChI is InChI=1S/C20H25N3O3/c24-19-16(7-2-8-17(19)23-10-12-26-13-11-23)22-20(25)15-6-1-4-14-5-3-9-21-18(14)15/h1,3-6,9,16-17,19,24H,2,7-8,10-13H2,(H,22,25)/t16-,17-,19-/m1/s1. The number of aromatic nitrogens is 1. The van der Waals surface area contributed by atoms with E-state index in [1.54, 1.807) is 12.3 Å². The molecule has 138 valence electrons. The maximum atomic E-state index is 12.9. The number of hydrogen-bond donors (Lipinski definition) is 2. The smallest absolute Gasteiger partial charge is 0.253 e. The van der Waals surface area contributed by atoms with Gasteiger partial charge in [0.15, 0.2) is 0 Å². The van der Waals surface area contributed by atoms with E-state index in [1.165, 1.54) is 0 Å². The van der Waals surface area contributed by atoms with E-state index in [4.69, 9.17) is 4.74 Å². The molecule has 3 atom stereocenters. The second-order valence-electron chi connectivity index (χ2n) is 7.10. The van der Waals surface area contributed by atoms with Gasteiger partial charge in [0.05, 0.1) is 36.4 Å². The van der Waals surface area contributed by atoms with E-state index < -0.39 is 6.10 Å². The average molecular weight is 355 g/mol. The van der Waals surface area contributed by atoms with Gasteiger partial charge in [-0.3, -0.25) is 14.7 Å². The molecule has 1 aliphatic carbocycles. The summed E-state index contributed by atoms with van der Waals surface area (Å²) in [5, 5.41) is 14.9. The predicted molar refractivity (Wildman–Crippen MR) is 99.0 cm³/mol. The van der Waals surface area contributed by atoms with Gasteiger partial charge in [-0.2, -0.15) is 0 Å². The highest BCUT2D eigenvalue weighted by atomic mass is 16.5. The number of amides is 1. The highest BCUT2D eigenvalue weighted by molar-refractivity contribution is 6.05. The molecule has 2 heterocycles. The second kappa shape index (κ2) is 7.70. The molecule has 2 aromatic rings. The minimum atomic E-state index is -0.561. The van der Waals surface area contributed by atoms with Crippen molar-refractivity contribution in [3.05, 3.63) is 42.1 Å². The fourth-order valence-electron chi connectivity index (χ4n) is 4.16. The number of carbonyl (C=O) groups excluding carboxylic acids is 1. The first-order valence-corrected chi connectivity index (χ1v) is 9.38. The molecular formula is C20H25N3O3. The number of hydrogen-bond acceptors (Lipinski definition) is 5. The molecule has 1 aromatic carbocycles. The summed E-state index contributed by atoms with van der Waals surface area (Å²) in [6, 6.07) is 9.27. The summed E-state index contributed by atoms with van der Waals surface area (Å²) in [6.45, 7) is 3.11. The number of nitrogens with one attached hydrogen (secondary N) is 1. The molecule has 4 rings (SSSR count). The number of benzene rings is 1. The van der Waals surface area contributed by atoms with Crippen molar-refractivity contribution in [3.63, 3.8) is 0 Å². The maximum absolute atomic E-state index is 12.9. The van der Waals surface area contributed by atoms with Crippen molar-refractivity contribution in [1.29, 1.82) is 0 Å². The van der Waals surface area contributed by atoms with E-state index in [2.05, 4.69) is 15.2 Å². The van der Waals surface area contributed by atoms with Crippen molar-refractivity contribution < 1.29 is 14.6 Å². The van der Waals surface area contributed by atoms with E-state index in [0.29, 0.717) is 24.3 Å². The molecule has 1 aliphatic heterocycles. The summed E-state index contributed by atoms with van der Waals surface area (Å²) in [7, 11) is 0. The van der Waals surface area contributed by atoms with Crippen LogP contribution in [0.25, 0.3) is 10.9 Å². The Balaban J connectivity index is 1.49. The van der Waals surface area contributed by atoms with E-state index >= 15 is 0 Å². The maximum Gasteiger partial charge on any atom is 0.253 e. The molecular weight excluding hydrogens is 330 g/mol. The number of carbonyl (C=O) groups is 1. The van der Waals surface area contributed by atoms with Gasteiger partial charge in [0.25, 0.3) is 5.91 Å². The van der Waals surface area contributed by atoms with Crippen molar-refractivity contribution in [2.24, 2.45) is 0 Å². The average Bonchev–Trinajstić information content (AvgIpc) is 2.70. The molecule has 1 amide bonds. The molecule has 1 saturated carbocycles. The van der Waals surface area contributed by atoms with E-state index in [9.17, 15) is 9.90 Å². The third kappa shape index (κ3) is 3.45. The minimum Gasteiger partial charge on any atom is -0.389 e. The predicted octanol–water partition coefficient (Wildman–Crippen LogP) is 1.58. The van der Waals surface area contributed by atoms with Gasteiger partial charge >= 0.3 is 0 Å². The molecule has 0 bridgehead atoms. The molecule has 6 heteroatoms. The molecule has 1 saturated heterocycles. The molecule has 2 aliphatic rings.